The van der Waals surface area contributed by atoms with Crippen LogP contribution in [0.2, 0.25) is 0 Å². The number of amides is 2. The Balaban J connectivity index is 1.54. The lowest BCUT2D eigenvalue weighted by molar-refractivity contribution is -0.149. The zero-order valence-corrected chi connectivity index (χ0v) is 20.3. The van der Waals surface area contributed by atoms with Crippen molar-refractivity contribution in [2.24, 2.45) is 5.41 Å². The number of Topliss-reactive ketones (excluding diaryl/α,β-unsaturated/α-hetero) is 1. The summed E-state index contributed by atoms with van der Waals surface area (Å²) in [6.45, 7) is 9.70. The molecule has 3 heterocycles. The second-order valence-corrected chi connectivity index (χ2v) is 10.6. The number of nitrogens with zero attached hydrogens (tertiary/aromatic N) is 3. The largest absolute Gasteiger partial charge is 0.496 e. The standard InChI is InChI=1S/C25H36N4O4/c1-24(2)16-29-17-25(3,23(24)32)26-21(30)14-28(15-22(29)31)12-18-7-8-20(33-4)19(11-18)13-27-9-5-6-10-27/h7-8,11H,5-6,9-10,12-17H2,1-4H3,(H,26,30). The van der Waals surface area contributed by atoms with Gasteiger partial charge in [-0.15, -0.1) is 0 Å². The van der Waals surface area contributed by atoms with Crippen LogP contribution in [0.3, 0.4) is 0 Å². The summed E-state index contributed by atoms with van der Waals surface area (Å²) in [5, 5.41) is 2.94. The first-order valence-electron chi connectivity index (χ1n) is 11.8. The molecule has 1 unspecified atom stereocenters. The van der Waals surface area contributed by atoms with Crippen LogP contribution >= 0.6 is 0 Å². The average molecular weight is 457 g/mol. The molecule has 0 aliphatic carbocycles. The predicted molar refractivity (Wildman–Crippen MR) is 125 cm³/mol. The van der Waals surface area contributed by atoms with Crippen molar-refractivity contribution in [1.29, 1.82) is 0 Å². The average Bonchev–Trinajstić information content (AvgIpc) is 3.25. The normalized spacial score (nSPS) is 26.5. The van der Waals surface area contributed by atoms with Crippen LogP contribution in [-0.4, -0.2) is 84.2 Å². The first-order chi connectivity index (χ1) is 15.6. The summed E-state index contributed by atoms with van der Waals surface area (Å²) in [4.78, 5) is 45.1. The number of carbonyl (C=O) groups is 3. The van der Waals surface area contributed by atoms with E-state index in [-0.39, 0.29) is 37.2 Å². The van der Waals surface area contributed by atoms with E-state index in [0.29, 0.717) is 13.1 Å². The Bertz CT molecular complexity index is 940. The van der Waals surface area contributed by atoms with Gasteiger partial charge in [0.05, 0.1) is 26.7 Å². The van der Waals surface area contributed by atoms with Crippen molar-refractivity contribution in [1.82, 2.24) is 20.0 Å². The van der Waals surface area contributed by atoms with Crippen LogP contribution in [0.15, 0.2) is 18.2 Å². The minimum Gasteiger partial charge on any atom is -0.496 e. The quantitative estimate of drug-likeness (QED) is 0.722. The van der Waals surface area contributed by atoms with Gasteiger partial charge in [-0.1, -0.05) is 19.9 Å². The summed E-state index contributed by atoms with van der Waals surface area (Å²) >= 11 is 0. The number of piperidine rings is 1. The molecule has 1 aromatic carbocycles. The van der Waals surface area contributed by atoms with E-state index in [2.05, 4.69) is 16.3 Å². The smallest absolute Gasteiger partial charge is 0.236 e. The molecule has 1 atom stereocenters. The van der Waals surface area contributed by atoms with Crippen molar-refractivity contribution in [3.05, 3.63) is 29.3 Å². The van der Waals surface area contributed by atoms with E-state index < -0.39 is 11.0 Å². The highest BCUT2D eigenvalue weighted by Gasteiger charge is 2.51. The molecule has 0 saturated carbocycles. The second kappa shape index (κ2) is 9.06. The van der Waals surface area contributed by atoms with Gasteiger partial charge in [-0.05, 0) is 50.6 Å². The fourth-order valence-corrected chi connectivity index (χ4v) is 5.58. The molecule has 3 saturated heterocycles. The molecule has 3 aliphatic rings. The van der Waals surface area contributed by atoms with Gasteiger partial charge >= 0.3 is 0 Å². The van der Waals surface area contributed by atoms with Gasteiger partial charge < -0.3 is 15.0 Å². The molecular weight excluding hydrogens is 420 g/mol. The molecule has 2 bridgehead atoms. The van der Waals surface area contributed by atoms with Crippen LogP contribution in [-0.2, 0) is 27.5 Å². The summed E-state index contributed by atoms with van der Waals surface area (Å²) in [7, 11) is 1.68. The van der Waals surface area contributed by atoms with Gasteiger partial charge in [0.1, 0.15) is 11.3 Å². The van der Waals surface area contributed by atoms with Gasteiger partial charge in [0, 0.05) is 30.6 Å². The van der Waals surface area contributed by atoms with Crippen LogP contribution in [0.1, 0.15) is 44.7 Å². The van der Waals surface area contributed by atoms with Crippen LogP contribution in [0.25, 0.3) is 0 Å². The maximum atomic E-state index is 13.2. The van der Waals surface area contributed by atoms with E-state index in [0.717, 1.165) is 36.5 Å². The van der Waals surface area contributed by atoms with Gasteiger partial charge in [-0.2, -0.15) is 0 Å². The SMILES string of the molecule is COc1ccc(CN2CC(=O)NC3(C)CN(CC(C)(C)C3=O)C(=O)C2)cc1CN1CCCC1. The number of nitrogens with one attached hydrogen (secondary N) is 1. The molecular formula is C25H36N4O4. The molecule has 1 aromatic rings. The Kier molecular flexibility index (Phi) is 6.51. The summed E-state index contributed by atoms with van der Waals surface area (Å²) < 4.78 is 5.58. The van der Waals surface area contributed by atoms with Gasteiger partial charge in [-0.25, -0.2) is 0 Å². The first kappa shape index (κ1) is 23.7. The highest BCUT2D eigenvalue weighted by molar-refractivity contribution is 5.99. The topological polar surface area (TPSA) is 82.2 Å². The summed E-state index contributed by atoms with van der Waals surface area (Å²) in [5.41, 5.74) is 0.390. The second-order valence-electron chi connectivity index (χ2n) is 10.6. The molecule has 3 aliphatic heterocycles. The summed E-state index contributed by atoms with van der Waals surface area (Å²) in [6, 6.07) is 6.09. The number of hydrogen-bond donors (Lipinski definition) is 1. The first-order valence-corrected chi connectivity index (χ1v) is 11.8. The molecule has 0 aromatic heterocycles. The molecule has 0 spiro atoms. The van der Waals surface area contributed by atoms with Crippen molar-refractivity contribution >= 4 is 17.6 Å². The zero-order valence-electron chi connectivity index (χ0n) is 20.3. The molecule has 1 N–H and O–H groups in total. The summed E-state index contributed by atoms with van der Waals surface area (Å²) in [6.07, 6.45) is 2.45. The highest BCUT2D eigenvalue weighted by atomic mass is 16.5. The van der Waals surface area contributed by atoms with E-state index in [1.54, 1.807) is 18.9 Å². The Morgan fingerprint density at radius 1 is 0.970 bits per heavy atom. The van der Waals surface area contributed by atoms with Crippen molar-refractivity contribution in [2.75, 3.05) is 46.4 Å². The summed E-state index contributed by atoms with van der Waals surface area (Å²) in [5.74, 6) is 0.549. The number of methoxy groups -OCH3 is 1. The van der Waals surface area contributed by atoms with Crippen molar-refractivity contribution in [2.45, 2.75) is 52.2 Å². The zero-order chi connectivity index (χ0) is 23.8. The number of carbonyl (C=O) groups excluding carboxylic acids is 3. The maximum absolute atomic E-state index is 13.2. The van der Waals surface area contributed by atoms with Crippen molar-refractivity contribution in [3.63, 3.8) is 0 Å². The van der Waals surface area contributed by atoms with E-state index in [1.807, 2.05) is 30.9 Å². The van der Waals surface area contributed by atoms with E-state index in [4.69, 9.17) is 4.74 Å². The monoisotopic (exact) mass is 456 g/mol. The fourth-order valence-electron chi connectivity index (χ4n) is 5.58. The Morgan fingerprint density at radius 3 is 2.39 bits per heavy atom. The van der Waals surface area contributed by atoms with Gasteiger partial charge in [0.25, 0.3) is 0 Å². The van der Waals surface area contributed by atoms with Crippen LogP contribution in [0, 0.1) is 5.41 Å². The van der Waals surface area contributed by atoms with Crippen molar-refractivity contribution in [3.8, 4) is 5.75 Å². The minimum absolute atomic E-state index is 0.0254. The minimum atomic E-state index is -1.06. The van der Waals surface area contributed by atoms with Crippen molar-refractivity contribution < 1.29 is 19.1 Å². The van der Waals surface area contributed by atoms with Gasteiger partial charge in [0.2, 0.25) is 11.8 Å². The molecule has 0 radical (unpaired) electrons. The molecule has 8 heteroatoms. The van der Waals surface area contributed by atoms with E-state index in [9.17, 15) is 14.4 Å². The van der Waals surface area contributed by atoms with Crippen LogP contribution < -0.4 is 10.1 Å². The third kappa shape index (κ3) is 5.06. The maximum Gasteiger partial charge on any atom is 0.236 e. The predicted octanol–water partition coefficient (Wildman–Crippen LogP) is 1.42. The number of likely N-dealkylation sites (tertiary alicyclic amines) is 1. The number of ketones is 1. The number of ether oxygens (including phenoxy) is 1. The third-order valence-corrected chi connectivity index (χ3v) is 7.05. The molecule has 33 heavy (non-hydrogen) atoms. The molecule has 180 valence electrons. The number of hydrogen-bond acceptors (Lipinski definition) is 6. The molecule has 3 fully saturated rings. The van der Waals surface area contributed by atoms with E-state index >= 15 is 0 Å². The number of rotatable bonds is 5. The lowest BCUT2D eigenvalue weighted by atomic mass is 9.73. The number of fused-ring (bicyclic) bond motifs is 2. The lowest BCUT2D eigenvalue weighted by Crippen LogP contribution is -2.68. The Hall–Kier alpha value is -2.45. The van der Waals surface area contributed by atoms with Gasteiger partial charge in [0.15, 0.2) is 5.78 Å². The van der Waals surface area contributed by atoms with Crippen LogP contribution in [0.4, 0.5) is 0 Å². The Morgan fingerprint density at radius 2 is 1.70 bits per heavy atom. The third-order valence-electron chi connectivity index (χ3n) is 7.05. The van der Waals surface area contributed by atoms with Crippen LogP contribution in [0.5, 0.6) is 5.75 Å². The number of benzene rings is 1. The molecule has 8 nitrogen and oxygen atoms in total. The van der Waals surface area contributed by atoms with Gasteiger partial charge in [-0.3, -0.25) is 24.2 Å². The highest BCUT2D eigenvalue weighted by Crippen LogP contribution is 2.32. The van der Waals surface area contributed by atoms with E-state index in [1.165, 1.54) is 12.8 Å². The Labute approximate surface area is 196 Å². The fraction of sp³-hybridized carbons (Fsp3) is 0.640. The lowest BCUT2D eigenvalue weighted by Gasteiger charge is -2.46. The molecule has 2 amide bonds. The molecule has 4 rings (SSSR count).